The zero-order chi connectivity index (χ0) is 12.3. The van der Waals surface area contributed by atoms with Crippen molar-refractivity contribution in [2.75, 3.05) is 0 Å². The van der Waals surface area contributed by atoms with Gasteiger partial charge in [-0.25, -0.2) is 0 Å². The minimum Gasteiger partial charge on any atom is -0.360 e. The van der Waals surface area contributed by atoms with Crippen molar-refractivity contribution < 1.29 is 4.52 Å². The lowest BCUT2D eigenvalue weighted by Gasteiger charge is -2.08. The normalized spacial score (nSPS) is 10.8. The Balaban J connectivity index is 1.92. The maximum absolute atomic E-state index is 5.14. The number of benzene rings is 1. The van der Waals surface area contributed by atoms with Gasteiger partial charge >= 0.3 is 0 Å². The molecule has 17 heavy (non-hydrogen) atoms. The van der Waals surface area contributed by atoms with Crippen LogP contribution in [0.1, 0.15) is 28.1 Å². The summed E-state index contributed by atoms with van der Waals surface area (Å²) >= 11 is 0. The minimum atomic E-state index is 0.716. The Bertz CT molecular complexity index is 503. The van der Waals surface area contributed by atoms with E-state index in [1.54, 1.807) is 0 Å². The highest BCUT2D eigenvalue weighted by atomic mass is 16.5. The molecule has 2 aromatic rings. The van der Waals surface area contributed by atoms with Gasteiger partial charge in [-0.3, -0.25) is 0 Å². The summed E-state index contributed by atoms with van der Waals surface area (Å²) in [4.78, 5) is 0. The van der Waals surface area contributed by atoms with Gasteiger partial charge in [-0.1, -0.05) is 23.4 Å². The molecule has 1 aromatic carbocycles. The summed E-state index contributed by atoms with van der Waals surface area (Å²) < 4.78 is 5.14. The van der Waals surface area contributed by atoms with Crippen LogP contribution >= 0.6 is 0 Å². The quantitative estimate of drug-likeness (QED) is 0.877. The molecule has 0 amide bonds. The van der Waals surface area contributed by atoms with Crippen LogP contribution in [-0.4, -0.2) is 5.16 Å². The molecule has 0 aliphatic carbocycles. The summed E-state index contributed by atoms with van der Waals surface area (Å²) in [5, 5.41) is 7.22. The van der Waals surface area contributed by atoms with Crippen molar-refractivity contribution in [3.05, 3.63) is 52.4 Å². The van der Waals surface area contributed by atoms with Gasteiger partial charge in [-0.2, -0.15) is 0 Å². The first kappa shape index (κ1) is 11.9. The fourth-order valence-corrected chi connectivity index (χ4v) is 1.82. The van der Waals surface area contributed by atoms with E-state index >= 15 is 0 Å². The Labute approximate surface area is 102 Å². The Morgan fingerprint density at radius 2 is 2.00 bits per heavy atom. The molecule has 0 aliphatic heterocycles. The van der Waals surface area contributed by atoms with Crippen LogP contribution in [0.3, 0.4) is 0 Å². The molecule has 0 aliphatic rings. The maximum atomic E-state index is 5.14. The van der Waals surface area contributed by atoms with Crippen molar-refractivity contribution in [2.24, 2.45) is 0 Å². The van der Waals surface area contributed by atoms with Crippen molar-refractivity contribution >= 4 is 0 Å². The van der Waals surface area contributed by atoms with Gasteiger partial charge in [0.25, 0.3) is 0 Å². The van der Waals surface area contributed by atoms with Gasteiger partial charge in [0.15, 0.2) is 5.76 Å². The molecule has 1 N–H and O–H groups in total. The monoisotopic (exact) mass is 230 g/mol. The summed E-state index contributed by atoms with van der Waals surface area (Å²) in [5.41, 5.74) is 4.95. The van der Waals surface area contributed by atoms with E-state index in [-0.39, 0.29) is 0 Å². The zero-order valence-electron chi connectivity index (χ0n) is 10.6. The average Bonchev–Trinajstić information content (AvgIpc) is 2.70. The van der Waals surface area contributed by atoms with E-state index in [4.69, 9.17) is 4.52 Å². The van der Waals surface area contributed by atoms with E-state index in [1.807, 2.05) is 13.0 Å². The molecular weight excluding hydrogens is 212 g/mol. The number of aryl methyl sites for hydroxylation is 2. The second-order valence-electron chi connectivity index (χ2n) is 4.40. The standard InChI is InChI=1S/C14H18N2O/c1-10-5-4-6-13(12(10)3)8-15-9-14-7-11(2)16-17-14/h4-7,15H,8-9H2,1-3H3. The van der Waals surface area contributed by atoms with Crippen LogP contribution in [0.5, 0.6) is 0 Å². The van der Waals surface area contributed by atoms with Crippen LogP contribution in [0.15, 0.2) is 28.8 Å². The van der Waals surface area contributed by atoms with Crippen molar-refractivity contribution in [1.29, 1.82) is 0 Å². The Morgan fingerprint density at radius 3 is 2.71 bits per heavy atom. The summed E-state index contributed by atoms with van der Waals surface area (Å²) in [5.74, 6) is 0.882. The molecular formula is C14H18N2O. The van der Waals surface area contributed by atoms with E-state index < -0.39 is 0 Å². The zero-order valence-corrected chi connectivity index (χ0v) is 10.6. The molecule has 0 radical (unpaired) electrons. The molecule has 3 nitrogen and oxygen atoms in total. The van der Waals surface area contributed by atoms with Gasteiger partial charge in [-0.15, -0.1) is 0 Å². The molecule has 0 bridgehead atoms. The molecule has 1 heterocycles. The first-order valence-corrected chi connectivity index (χ1v) is 5.85. The van der Waals surface area contributed by atoms with E-state index in [0.29, 0.717) is 6.54 Å². The average molecular weight is 230 g/mol. The van der Waals surface area contributed by atoms with Crippen molar-refractivity contribution in [3.8, 4) is 0 Å². The SMILES string of the molecule is Cc1cc(CNCc2cccc(C)c2C)on1. The second-order valence-corrected chi connectivity index (χ2v) is 4.40. The fourth-order valence-electron chi connectivity index (χ4n) is 1.82. The number of nitrogens with one attached hydrogen (secondary N) is 1. The molecule has 2 rings (SSSR count). The third-order valence-corrected chi connectivity index (χ3v) is 3.01. The lowest BCUT2D eigenvalue weighted by atomic mass is 10.0. The van der Waals surface area contributed by atoms with Crippen molar-refractivity contribution in [1.82, 2.24) is 10.5 Å². The number of hydrogen-bond acceptors (Lipinski definition) is 3. The van der Waals surface area contributed by atoms with Crippen LogP contribution in [0.2, 0.25) is 0 Å². The van der Waals surface area contributed by atoms with Gasteiger partial charge in [0, 0.05) is 12.6 Å². The van der Waals surface area contributed by atoms with E-state index in [0.717, 1.165) is 18.0 Å². The predicted octanol–water partition coefficient (Wildman–Crippen LogP) is 2.89. The molecule has 1 aromatic heterocycles. The number of aromatic nitrogens is 1. The molecule has 0 spiro atoms. The predicted molar refractivity (Wildman–Crippen MR) is 67.7 cm³/mol. The molecule has 90 valence electrons. The molecule has 0 atom stereocenters. The van der Waals surface area contributed by atoms with Gasteiger partial charge in [-0.05, 0) is 37.5 Å². The Hall–Kier alpha value is -1.61. The third-order valence-electron chi connectivity index (χ3n) is 3.01. The van der Waals surface area contributed by atoms with Crippen molar-refractivity contribution in [3.63, 3.8) is 0 Å². The van der Waals surface area contributed by atoms with Crippen molar-refractivity contribution in [2.45, 2.75) is 33.9 Å². The van der Waals surface area contributed by atoms with Crippen LogP contribution in [0.25, 0.3) is 0 Å². The Kier molecular flexibility index (Phi) is 3.59. The van der Waals surface area contributed by atoms with Gasteiger partial charge < -0.3 is 9.84 Å². The smallest absolute Gasteiger partial charge is 0.150 e. The lowest BCUT2D eigenvalue weighted by molar-refractivity contribution is 0.369. The lowest BCUT2D eigenvalue weighted by Crippen LogP contribution is -2.13. The first-order valence-electron chi connectivity index (χ1n) is 5.85. The van der Waals surface area contributed by atoms with Gasteiger partial charge in [0.1, 0.15) is 0 Å². The van der Waals surface area contributed by atoms with Gasteiger partial charge in [0.2, 0.25) is 0 Å². The second kappa shape index (κ2) is 5.15. The van der Waals surface area contributed by atoms with E-state index in [2.05, 4.69) is 42.5 Å². The summed E-state index contributed by atoms with van der Waals surface area (Å²) in [6.45, 7) is 7.79. The fraction of sp³-hybridized carbons (Fsp3) is 0.357. The number of nitrogens with zero attached hydrogens (tertiary/aromatic N) is 1. The first-order chi connectivity index (χ1) is 8.16. The molecule has 3 heteroatoms. The highest BCUT2D eigenvalue weighted by Gasteiger charge is 2.02. The van der Waals surface area contributed by atoms with Crippen LogP contribution < -0.4 is 5.32 Å². The molecule has 0 saturated heterocycles. The Morgan fingerprint density at radius 1 is 1.18 bits per heavy atom. The largest absolute Gasteiger partial charge is 0.360 e. The van der Waals surface area contributed by atoms with Crippen LogP contribution in [-0.2, 0) is 13.1 Å². The molecule has 0 saturated carbocycles. The van der Waals surface area contributed by atoms with Crippen LogP contribution in [0.4, 0.5) is 0 Å². The van der Waals surface area contributed by atoms with E-state index in [1.165, 1.54) is 16.7 Å². The van der Waals surface area contributed by atoms with E-state index in [9.17, 15) is 0 Å². The third kappa shape index (κ3) is 2.94. The molecule has 0 unspecified atom stereocenters. The topological polar surface area (TPSA) is 38.1 Å². The highest BCUT2D eigenvalue weighted by molar-refractivity contribution is 5.32. The number of hydrogen-bond donors (Lipinski definition) is 1. The minimum absolute atomic E-state index is 0.716. The maximum Gasteiger partial charge on any atom is 0.150 e. The number of rotatable bonds is 4. The summed E-state index contributed by atoms with van der Waals surface area (Å²) in [6.07, 6.45) is 0. The highest BCUT2D eigenvalue weighted by Crippen LogP contribution is 2.12. The van der Waals surface area contributed by atoms with Gasteiger partial charge in [0.05, 0.1) is 12.2 Å². The molecule has 0 fully saturated rings. The summed E-state index contributed by atoms with van der Waals surface area (Å²) in [6, 6.07) is 8.34. The summed E-state index contributed by atoms with van der Waals surface area (Å²) in [7, 11) is 0. The van der Waals surface area contributed by atoms with Crippen LogP contribution in [0, 0.1) is 20.8 Å².